The van der Waals surface area contributed by atoms with E-state index < -0.39 is 8.07 Å². The van der Waals surface area contributed by atoms with E-state index in [-0.39, 0.29) is 5.54 Å². The molecule has 0 bridgehead atoms. The first-order valence-corrected chi connectivity index (χ1v) is 11.9. The summed E-state index contributed by atoms with van der Waals surface area (Å²) >= 11 is 0. The van der Waals surface area contributed by atoms with Gasteiger partial charge < -0.3 is 4.74 Å². The molecule has 3 aromatic rings. The number of hydrogen-bond acceptors (Lipinski definition) is 2. The first-order valence-electron chi connectivity index (χ1n) is 9.44. The molecule has 136 valence electrons. The van der Waals surface area contributed by atoms with E-state index in [9.17, 15) is 0 Å². The van der Waals surface area contributed by atoms with E-state index >= 15 is 0 Å². The summed E-state index contributed by atoms with van der Waals surface area (Å²) in [5.41, 5.74) is 0.963. The molecule has 3 aromatic carbocycles. The molecule has 0 aliphatic carbocycles. The highest BCUT2D eigenvalue weighted by molar-refractivity contribution is 7.11. The summed E-state index contributed by atoms with van der Waals surface area (Å²) in [7, 11) is -2.20. The highest BCUT2D eigenvalue weighted by Crippen LogP contribution is 2.21. The normalized spacial score (nSPS) is 15.9. The molecule has 1 aliphatic rings. The summed E-state index contributed by atoms with van der Waals surface area (Å²) in [6.45, 7) is 7.30. The van der Waals surface area contributed by atoms with E-state index in [0.717, 1.165) is 11.5 Å². The van der Waals surface area contributed by atoms with Gasteiger partial charge in [0.2, 0.25) is 5.90 Å². The van der Waals surface area contributed by atoms with Crippen molar-refractivity contribution in [3.63, 3.8) is 0 Å². The van der Waals surface area contributed by atoms with Crippen molar-refractivity contribution in [2.75, 3.05) is 6.61 Å². The summed E-state index contributed by atoms with van der Waals surface area (Å²) in [5, 5.41) is 4.13. The van der Waals surface area contributed by atoms with Gasteiger partial charge >= 0.3 is 0 Å². The number of rotatable bonds is 4. The van der Waals surface area contributed by atoms with Gasteiger partial charge in [-0.2, -0.15) is 0 Å². The molecule has 27 heavy (non-hydrogen) atoms. The number of ether oxygens (including phenoxy) is 1. The number of benzene rings is 3. The Bertz CT molecular complexity index is 924. The van der Waals surface area contributed by atoms with Crippen LogP contribution in [-0.4, -0.2) is 26.1 Å². The van der Waals surface area contributed by atoms with Crippen LogP contribution in [-0.2, 0) is 4.74 Å². The van der Waals surface area contributed by atoms with Crippen LogP contribution >= 0.6 is 0 Å². The Hall–Kier alpha value is -2.65. The van der Waals surface area contributed by atoms with Gasteiger partial charge in [0.1, 0.15) is 14.7 Å². The van der Waals surface area contributed by atoms with Crippen molar-refractivity contribution in [2.24, 2.45) is 4.99 Å². The highest BCUT2D eigenvalue weighted by atomic mass is 28.3. The molecule has 0 radical (unpaired) electrons. The van der Waals surface area contributed by atoms with Crippen LogP contribution in [0.25, 0.3) is 0 Å². The maximum absolute atomic E-state index is 6.03. The molecular weight excluding hydrogens is 346 g/mol. The standard InChI is InChI=1S/C24H25NOSi/c1-24(2)18-26-23(25-24)21-16-10-11-17-22(21)27(3,19-12-6-4-7-13-19)20-14-8-5-9-15-20/h4-17H,18H2,1-3H3. The molecular formula is C24H25NOSi. The van der Waals surface area contributed by atoms with E-state index in [0.29, 0.717) is 6.61 Å². The van der Waals surface area contributed by atoms with Crippen molar-refractivity contribution in [3.8, 4) is 0 Å². The van der Waals surface area contributed by atoms with Gasteiger partial charge in [-0.1, -0.05) is 85.4 Å². The zero-order valence-corrected chi connectivity index (χ0v) is 17.1. The summed E-state index contributed by atoms with van der Waals surface area (Å²) < 4.78 is 6.03. The fourth-order valence-electron chi connectivity index (χ4n) is 3.85. The van der Waals surface area contributed by atoms with Gasteiger partial charge in [-0.15, -0.1) is 0 Å². The molecule has 0 fully saturated rings. The molecule has 3 heteroatoms. The molecule has 0 spiro atoms. The minimum absolute atomic E-state index is 0.167. The lowest BCUT2D eigenvalue weighted by atomic mass is 10.1. The average molecular weight is 372 g/mol. The summed E-state index contributed by atoms with van der Waals surface area (Å²) in [4.78, 5) is 4.87. The zero-order valence-electron chi connectivity index (χ0n) is 16.1. The molecule has 2 nitrogen and oxygen atoms in total. The van der Waals surface area contributed by atoms with E-state index in [1.54, 1.807) is 0 Å². The van der Waals surface area contributed by atoms with E-state index in [2.05, 4.69) is 105 Å². The lowest BCUT2D eigenvalue weighted by molar-refractivity contribution is 0.279. The largest absolute Gasteiger partial charge is 0.475 e. The van der Waals surface area contributed by atoms with E-state index in [1.807, 2.05) is 0 Å². The van der Waals surface area contributed by atoms with Crippen molar-refractivity contribution in [1.82, 2.24) is 0 Å². The minimum Gasteiger partial charge on any atom is -0.475 e. The highest BCUT2D eigenvalue weighted by Gasteiger charge is 2.38. The molecule has 0 aromatic heterocycles. The van der Waals surface area contributed by atoms with Crippen LogP contribution in [0.15, 0.2) is 89.9 Å². The van der Waals surface area contributed by atoms with Crippen molar-refractivity contribution < 1.29 is 4.74 Å². The van der Waals surface area contributed by atoms with Crippen LogP contribution in [0.4, 0.5) is 0 Å². The second-order valence-corrected chi connectivity index (χ2v) is 11.9. The Kier molecular flexibility index (Phi) is 4.48. The summed E-state index contributed by atoms with van der Waals surface area (Å²) in [6.07, 6.45) is 0. The molecule has 0 atom stereocenters. The predicted molar refractivity (Wildman–Crippen MR) is 116 cm³/mol. The Balaban J connectivity index is 1.96. The first-order chi connectivity index (χ1) is 13.0. The quantitative estimate of drug-likeness (QED) is 0.509. The maximum Gasteiger partial charge on any atom is 0.216 e. The van der Waals surface area contributed by atoms with Crippen molar-refractivity contribution in [1.29, 1.82) is 0 Å². The molecule has 1 aliphatic heterocycles. The summed E-state index contributed by atoms with van der Waals surface area (Å²) in [6, 6.07) is 30.4. The Labute approximate surface area is 162 Å². The first kappa shape index (κ1) is 17.7. The molecule has 0 saturated heterocycles. The van der Waals surface area contributed by atoms with E-state index in [4.69, 9.17) is 9.73 Å². The molecule has 0 saturated carbocycles. The fraction of sp³-hybridized carbons (Fsp3) is 0.208. The van der Waals surface area contributed by atoms with Gasteiger partial charge in [0.05, 0.1) is 5.54 Å². The van der Waals surface area contributed by atoms with Gasteiger partial charge in [-0.3, -0.25) is 0 Å². The van der Waals surface area contributed by atoms with Gasteiger partial charge in [-0.25, -0.2) is 4.99 Å². The minimum atomic E-state index is -2.20. The van der Waals surface area contributed by atoms with Gasteiger partial charge in [0.25, 0.3) is 0 Å². The number of nitrogens with zero attached hydrogens (tertiary/aromatic N) is 1. The lowest BCUT2D eigenvalue weighted by Gasteiger charge is -2.31. The molecule has 0 N–H and O–H groups in total. The Morgan fingerprint density at radius 3 is 1.81 bits per heavy atom. The van der Waals surface area contributed by atoms with Crippen LogP contribution in [0.3, 0.4) is 0 Å². The van der Waals surface area contributed by atoms with Crippen molar-refractivity contribution in [3.05, 3.63) is 90.5 Å². The monoisotopic (exact) mass is 371 g/mol. The third-order valence-corrected chi connectivity index (χ3v) is 9.85. The smallest absolute Gasteiger partial charge is 0.216 e. The number of hydrogen-bond donors (Lipinski definition) is 0. The van der Waals surface area contributed by atoms with Gasteiger partial charge in [0, 0.05) is 5.56 Å². The molecule has 0 amide bonds. The fourth-order valence-corrected chi connectivity index (χ4v) is 7.68. The molecule has 0 unspecified atom stereocenters. The molecule has 4 rings (SSSR count). The third-order valence-electron chi connectivity index (χ3n) is 5.36. The lowest BCUT2D eigenvalue weighted by Crippen LogP contribution is -2.65. The van der Waals surface area contributed by atoms with Crippen LogP contribution in [0.1, 0.15) is 19.4 Å². The Morgan fingerprint density at radius 2 is 1.30 bits per heavy atom. The van der Waals surface area contributed by atoms with Crippen LogP contribution in [0, 0.1) is 0 Å². The van der Waals surface area contributed by atoms with Gasteiger partial charge in [0.15, 0.2) is 0 Å². The Morgan fingerprint density at radius 1 is 0.778 bits per heavy atom. The van der Waals surface area contributed by atoms with Crippen LogP contribution in [0.5, 0.6) is 0 Å². The summed E-state index contributed by atoms with van der Waals surface area (Å²) in [5.74, 6) is 0.779. The average Bonchev–Trinajstić information content (AvgIpc) is 3.08. The van der Waals surface area contributed by atoms with E-state index in [1.165, 1.54) is 15.6 Å². The predicted octanol–water partition coefficient (Wildman–Crippen LogP) is 3.34. The number of aliphatic imine (C=N–C) groups is 1. The maximum atomic E-state index is 6.03. The topological polar surface area (TPSA) is 21.6 Å². The van der Waals surface area contributed by atoms with Crippen LogP contribution in [0.2, 0.25) is 6.55 Å². The van der Waals surface area contributed by atoms with Crippen molar-refractivity contribution >= 4 is 29.5 Å². The SMILES string of the molecule is CC1(C)COC(c2ccccc2[Si](C)(c2ccccc2)c2ccccc2)=N1. The van der Waals surface area contributed by atoms with Crippen molar-refractivity contribution in [2.45, 2.75) is 25.9 Å². The van der Waals surface area contributed by atoms with Gasteiger partial charge in [-0.05, 0) is 35.5 Å². The second kappa shape index (κ2) is 6.82. The van der Waals surface area contributed by atoms with Crippen LogP contribution < -0.4 is 15.6 Å². The second-order valence-electron chi connectivity index (χ2n) is 7.92. The zero-order chi connectivity index (χ0) is 18.9. The molecule has 1 heterocycles. The third kappa shape index (κ3) is 3.24.